The smallest absolute Gasteiger partial charge is 0.236 e. The van der Waals surface area contributed by atoms with Gasteiger partial charge in [0, 0.05) is 5.41 Å². The molecule has 2 heterocycles. The lowest BCUT2D eigenvalue weighted by Gasteiger charge is -2.10. The largest absolute Gasteiger partial charge is 0.467 e. The normalized spacial score (nSPS) is 11.6. The number of hydrogen-bond donors (Lipinski definition) is 1. The minimum absolute atomic E-state index is 0.0491. The first-order valence-electron chi connectivity index (χ1n) is 6.65. The molecular weight excluding hydrogens is 290 g/mol. The standard InChI is InChI=1S/C14H19N3O3S/c1-14(2,3)13-16-12(20-17-13)9-21-8-11(18)15-7-10-5-4-6-19-10/h4-6H,7-9H2,1-3H3,(H,15,18). The van der Waals surface area contributed by atoms with Gasteiger partial charge in [0.25, 0.3) is 0 Å². The molecule has 0 unspecified atom stereocenters. The Morgan fingerprint density at radius 2 is 2.24 bits per heavy atom. The van der Waals surface area contributed by atoms with Gasteiger partial charge in [0.05, 0.1) is 24.3 Å². The number of hydrogen-bond acceptors (Lipinski definition) is 6. The summed E-state index contributed by atoms with van der Waals surface area (Å²) in [6, 6.07) is 3.61. The van der Waals surface area contributed by atoms with E-state index in [4.69, 9.17) is 8.94 Å². The molecule has 0 atom stereocenters. The first kappa shape index (κ1) is 15.6. The van der Waals surface area contributed by atoms with Crippen LogP contribution in [0.3, 0.4) is 0 Å². The second-order valence-electron chi connectivity index (χ2n) is 5.61. The van der Waals surface area contributed by atoms with Crippen molar-refractivity contribution in [1.29, 1.82) is 0 Å². The van der Waals surface area contributed by atoms with Crippen molar-refractivity contribution < 1.29 is 13.7 Å². The Labute approximate surface area is 127 Å². The van der Waals surface area contributed by atoms with Crippen LogP contribution in [-0.2, 0) is 22.5 Å². The van der Waals surface area contributed by atoms with Crippen LogP contribution in [0.15, 0.2) is 27.3 Å². The number of nitrogens with one attached hydrogen (secondary N) is 1. The molecule has 2 aromatic rings. The Hall–Kier alpha value is -1.76. The minimum atomic E-state index is -0.132. The molecule has 0 spiro atoms. The zero-order valence-corrected chi connectivity index (χ0v) is 13.2. The molecule has 6 nitrogen and oxygen atoms in total. The van der Waals surface area contributed by atoms with Crippen molar-refractivity contribution in [3.8, 4) is 0 Å². The number of thioether (sulfide) groups is 1. The molecule has 1 N–H and O–H groups in total. The van der Waals surface area contributed by atoms with Crippen LogP contribution in [-0.4, -0.2) is 21.8 Å². The average molecular weight is 309 g/mol. The predicted molar refractivity (Wildman–Crippen MR) is 79.7 cm³/mol. The zero-order valence-electron chi connectivity index (χ0n) is 12.4. The number of carbonyl (C=O) groups is 1. The first-order valence-corrected chi connectivity index (χ1v) is 7.80. The maximum absolute atomic E-state index is 11.7. The number of nitrogens with zero attached hydrogens (tertiary/aromatic N) is 2. The van der Waals surface area contributed by atoms with Crippen molar-refractivity contribution in [3.05, 3.63) is 35.9 Å². The van der Waals surface area contributed by atoms with Crippen LogP contribution in [0, 0.1) is 0 Å². The van der Waals surface area contributed by atoms with Crippen LogP contribution in [0.1, 0.15) is 38.2 Å². The number of aromatic nitrogens is 2. The van der Waals surface area contributed by atoms with E-state index < -0.39 is 0 Å². The molecule has 0 saturated carbocycles. The fourth-order valence-corrected chi connectivity index (χ4v) is 2.18. The predicted octanol–water partition coefficient (Wildman–Crippen LogP) is 2.51. The Morgan fingerprint density at radius 1 is 1.43 bits per heavy atom. The van der Waals surface area contributed by atoms with Gasteiger partial charge in [-0.25, -0.2) is 0 Å². The highest BCUT2D eigenvalue weighted by molar-refractivity contribution is 7.99. The molecule has 0 aliphatic carbocycles. The fraction of sp³-hybridized carbons (Fsp3) is 0.500. The van der Waals surface area contributed by atoms with Crippen LogP contribution in [0.4, 0.5) is 0 Å². The molecule has 21 heavy (non-hydrogen) atoms. The van der Waals surface area contributed by atoms with Gasteiger partial charge in [-0.05, 0) is 12.1 Å². The highest BCUT2D eigenvalue weighted by atomic mass is 32.2. The number of amides is 1. The van der Waals surface area contributed by atoms with E-state index in [1.54, 1.807) is 12.3 Å². The molecule has 0 radical (unpaired) electrons. The third-order valence-electron chi connectivity index (χ3n) is 2.64. The molecule has 2 aromatic heterocycles. The van der Waals surface area contributed by atoms with Crippen molar-refractivity contribution in [2.24, 2.45) is 0 Å². The molecule has 0 bridgehead atoms. The van der Waals surface area contributed by atoms with E-state index in [1.807, 2.05) is 26.8 Å². The second-order valence-corrected chi connectivity index (χ2v) is 6.60. The van der Waals surface area contributed by atoms with E-state index in [0.717, 1.165) is 5.76 Å². The molecule has 0 saturated heterocycles. The highest BCUT2D eigenvalue weighted by Crippen LogP contribution is 2.20. The molecule has 0 fully saturated rings. The van der Waals surface area contributed by atoms with E-state index in [2.05, 4.69) is 15.5 Å². The summed E-state index contributed by atoms with van der Waals surface area (Å²) in [5.41, 5.74) is -0.132. The van der Waals surface area contributed by atoms with Gasteiger partial charge in [0.2, 0.25) is 11.8 Å². The first-order chi connectivity index (χ1) is 9.95. The van der Waals surface area contributed by atoms with Gasteiger partial charge in [0.15, 0.2) is 5.82 Å². The van der Waals surface area contributed by atoms with Crippen LogP contribution < -0.4 is 5.32 Å². The SMILES string of the molecule is CC(C)(C)c1noc(CSCC(=O)NCc2ccco2)n1. The van der Waals surface area contributed by atoms with Gasteiger partial charge in [-0.1, -0.05) is 25.9 Å². The average Bonchev–Trinajstić information content (AvgIpc) is 3.07. The minimum Gasteiger partial charge on any atom is -0.467 e. The van der Waals surface area contributed by atoms with E-state index in [0.29, 0.717) is 29.8 Å². The lowest BCUT2D eigenvalue weighted by atomic mass is 9.96. The van der Waals surface area contributed by atoms with E-state index >= 15 is 0 Å². The topological polar surface area (TPSA) is 81.2 Å². The van der Waals surface area contributed by atoms with Gasteiger partial charge in [-0.15, -0.1) is 11.8 Å². The van der Waals surface area contributed by atoms with Gasteiger partial charge in [-0.3, -0.25) is 4.79 Å². The number of rotatable bonds is 6. The second kappa shape index (κ2) is 6.80. The van der Waals surface area contributed by atoms with Crippen LogP contribution >= 0.6 is 11.8 Å². The number of carbonyl (C=O) groups excluding carboxylic acids is 1. The van der Waals surface area contributed by atoms with Crippen molar-refractivity contribution in [1.82, 2.24) is 15.5 Å². The lowest BCUT2D eigenvalue weighted by molar-refractivity contribution is -0.118. The molecule has 0 aliphatic heterocycles. The summed E-state index contributed by atoms with van der Waals surface area (Å²) in [6.07, 6.45) is 1.58. The van der Waals surface area contributed by atoms with E-state index in [1.165, 1.54) is 11.8 Å². The molecule has 0 aromatic carbocycles. The van der Waals surface area contributed by atoms with Gasteiger partial charge < -0.3 is 14.3 Å². The summed E-state index contributed by atoms with van der Waals surface area (Å²) >= 11 is 1.44. The van der Waals surface area contributed by atoms with Crippen LogP contribution in [0.5, 0.6) is 0 Å². The summed E-state index contributed by atoms with van der Waals surface area (Å²) in [4.78, 5) is 16.0. The van der Waals surface area contributed by atoms with E-state index in [-0.39, 0.29) is 11.3 Å². The van der Waals surface area contributed by atoms with Crippen molar-refractivity contribution in [2.75, 3.05) is 5.75 Å². The molecule has 1 amide bonds. The highest BCUT2D eigenvalue weighted by Gasteiger charge is 2.20. The number of furan rings is 1. The molecular formula is C14H19N3O3S. The molecule has 0 aliphatic rings. The van der Waals surface area contributed by atoms with E-state index in [9.17, 15) is 4.79 Å². The lowest BCUT2D eigenvalue weighted by Crippen LogP contribution is -2.24. The summed E-state index contributed by atoms with van der Waals surface area (Å²) < 4.78 is 10.3. The monoisotopic (exact) mass is 309 g/mol. The third kappa shape index (κ3) is 4.93. The van der Waals surface area contributed by atoms with Crippen molar-refractivity contribution >= 4 is 17.7 Å². The molecule has 114 valence electrons. The summed E-state index contributed by atoms with van der Waals surface area (Å²) in [5.74, 6) is 2.78. The Balaban J connectivity index is 1.69. The summed E-state index contributed by atoms with van der Waals surface area (Å²) in [7, 11) is 0. The Morgan fingerprint density at radius 3 is 2.86 bits per heavy atom. The van der Waals surface area contributed by atoms with Gasteiger partial charge in [0.1, 0.15) is 5.76 Å². The quantitative estimate of drug-likeness (QED) is 0.883. The molecule has 7 heteroatoms. The summed E-state index contributed by atoms with van der Waals surface area (Å²) in [5, 5.41) is 6.72. The van der Waals surface area contributed by atoms with Crippen molar-refractivity contribution in [2.45, 2.75) is 38.5 Å². The maximum atomic E-state index is 11.7. The fourth-order valence-electron chi connectivity index (χ4n) is 1.50. The molecule has 2 rings (SSSR count). The third-order valence-corrected chi connectivity index (χ3v) is 3.55. The van der Waals surface area contributed by atoms with Crippen molar-refractivity contribution in [3.63, 3.8) is 0 Å². The zero-order chi connectivity index (χ0) is 15.3. The maximum Gasteiger partial charge on any atom is 0.236 e. The Bertz CT molecular complexity index is 573. The van der Waals surface area contributed by atoms with Crippen LogP contribution in [0.2, 0.25) is 0 Å². The van der Waals surface area contributed by atoms with Gasteiger partial charge in [-0.2, -0.15) is 4.98 Å². The summed E-state index contributed by atoms with van der Waals surface area (Å²) in [6.45, 7) is 6.48. The van der Waals surface area contributed by atoms with Crippen LogP contribution in [0.25, 0.3) is 0 Å². The van der Waals surface area contributed by atoms with Gasteiger partial charge >= 0.3 is 0 Å². The Kier molecular flexibility index (Phi) is 5.06.